The van der Waals surface area contributed by atoms with E-state index in [2.05, 4.69) is 59.4 Å². The van der Waals surface area contributed by atoms with Gasteiger partial charge in [-0.25, -0.2) is 0 Å². The fourth-order valence-corrected chi connectivity index (χ4v) is 2.31. The van der Waals surface area contributed by atoms with E-state index in [1.165, 1.54) is 41.5 Å². The van der Waals surface area contributed by atoms with Gasteiger partial charge in [-0.15, -0.1) is 0 Å². The van der Waals surface area contributed by atoms with Gasteiger partial charge in [-0.2, -0.15) is 0 Å². The summed E-state index contributed by atoms with van der Waals surface area (Å²) in [5, 5.41) is 0. The first-order valence-electron chi connectivity index (χ1n) is 10.7. The van der Waals surface area contributed by atoms with Crippen LogP contribution < -0.4 is 0 Å². The van der Waals surface area contributed by atoms with Crippen LogP contribution in [0.15, 0.2) is 24.8 Å². The average Bonchev–Trinajstić information content (AvgIpc) is 2.65. The molecule has 0 saturated heterocycles. The molecule has 0 fully saturated rings. The first kappa shape index (κ1) is 31.7. The molecule has 25 heavy (non-hydrogen) atoms. The van der Waals surface area contributed by atoms with Crippen LogP contribution in [0.3, 0.4) is 0 Å². The summed E-state index contributed by atoms with van der Waals surface area (Å²) in [5.74, 6) is 0. The predicted octanol–water partition coefficient (Wildman–Crippen LogP) is 9.46. The lowest BCUT2D eigenvalue weighted by atomic mass is 9.80. The third-order valence-corrected chi connectivity index (χ3v) is 3.22. The highest BCUT2D eigenvalue weighted by atomic mass is 14.2. The van der Waals surface area contributed by atoms with E-state index in [9.17, 15) is 0 Å². The Kier molecular flexibility index (Phi) is 26.6. The first-order chi connectivity index (χ1) is 11.9. The van der Waals surface area contributed by atoms with Crippen molar-refractivity contribution in [3.8, 4) is 0 Å². The molecule has 0 amide bonds. The van der Waals surface area contributed by atoms with Crippen molar-refractivity contribution in [2.24, 2.45) is 0 Å². The van der Waals surface area contributed by atoms with E-state index in [-0.39, 0.29) is 5.41 Å². The summed E-state index contributed by atoms with van der Waals surface area (Å²) in [4.78, 5) is 0. The monoisotopic (exact) mass is 350 g/mol. The zero-order valence-electron chi connectivity index (χ0n) is 20.1. The van der Waals surface area contributed by atoms with Gasteiger partial charge in [0.05, 0.1) is 0 Å². The molecule has 0 bridgehead atoms. The SMILES string of the molecule is C=C(C)c1cccc(C(C)(C)C)c1CCCC.CC.CC.CC.CC. The number of hydrogen-bond acceptors (Lipinski definition) is 0. The largest absolute Gasteiger partial charge is 0.0955 e. The Bertz CT molecular complexity index is 391. The predicted molar refractivity (Wildman–Crippen MR) is 124 cm³/mol. The standard InChI is InChI=1S/C17H26.4C2H6/c1-7-8-10-15-14(13(2)3)11-9-12-16(15)17(4,5)6;4*1-2/h9,11-12H,2,7-8,10H2,1,3-6H3;4*1-2H3. The van der Waals surface area contributed by atoms with Crippen LogP contribution in [0.1, 0.15) is 120 Å². The molecule has 0 heterocycles. The van der Waals surface area contributed by atoms with Crippen LogP contribution in [-0.4, -0.2) is 0 Å². The van der Waals surface area contributed by atoms with Crippen LogP contribution in [0.2, 0.25) is 0 Å². The lowest BCUT2D eigenvalue weighted by molar-refractivity contribution is 0.579. The van der Waals surface area contributed by atoms with Crippen LogP contribution in [0.4, 0.5) is 0 Å². The minimum Gasteiger partial charge on any atom is -0.0955 e. The molecule has 1 rings (SSSR count). The van der Waals surface area contributed by atoms with Crippen LogP contribution in [0.5, 0.6) is 0 Å². The molecule has 1 aromatic rings. The maximum Gasteiger partial charge on any atom is -0.0129 e. The summed E-state index contributed by atoms with van der Waals surface area (Å²) in [6, 6.07) is 6.65. The maximum absolute atomic E-state index is 4.12. The third-order valence-electron chi connectivity index (χ3n) is 3.22. The number of benzene rings is 1. The minimum atomic E-state index is 0.217. The molecular weight excluding hydrogens is 300 g/mol. The molecule has 0 aromatic heterocycles. The normalized spacial score (nSPS) is 8.84. The highest BCUT2D eigenvalue weighted by molar-refractivity contribution is 5.66. The Hall–Kier alpha value is -1.04. The van der Waals surface area contributed by atoms with Crippen LogP contribution >= 0.6 is 0 Å². The third kappa shape index (κ3) is 13.9. The number of allylic oxidation sites excluding steroid dienone is 1. The van der Waals surface area contributed by atoms with Gasteiger partial charge in [-0.3, -0.25) is 0 Å². The molecule has 0 aliphatic heterocycles. The molecule has 1 aromatic carbocycles. The molecule has 0 N–H and O–H groups in total. The van der Waals surface area contributed by atoms with Crippen molar-refractivity contribution in [3.63, 3.8) is 0 Å². The summed E-state index contributed by atoms with van der Waals surface area (Å²) in [5.41, 5.74) is 5.74. The fourth-order valence-electron chi connectivity index (χ4n) is 2.31. The summed E-state index contributed by atoms with van der Waals surface area (Å²) in [7, 11) is 0. The van der Waals surface area contributed by atoms with Gasteiger partial charge in [-0.1, -0.05) is 120 Å². The summed E-state index contributed by atoms with van der Waals surface area (Å²) in [6.45, 7) is 31.4. The van der Waals surface area contributed by atoms with E-state index < -0.39 is 0 Å². The summed E-state index contributed by atoms with van der Waals surface area (Å²) in [6.07, 6.45) is 3.67. The highest BCUT2D eigenvalue weighted by Gasteiger charge is 2.19. The smallest absolute Gasteiger partial charge is 0.0129 e. The van der Waals surface area contributed by atoms with Crippen LogP contribution in [0.25, 0.3) is 5.57 Å². The van der Waals surface area contributed by atoms with Gasteiger partial charge in [0.2, 0.25) is 0 Å². The van der Waals surface area contributed by atoms with Crippen molar-refractivity contribution in [1.29, 1.82) is 0 Å². The van der Waals surface area contributed by atoms with Crippen molar-refractivity contribution in [1.82, 2.24) is 0 Å². The first-order valence-corrected chi connectivity index (χ1v) is 10.7. The molecule has 0 saturated carbocycles. The molecule has 0 atom stereocenters. The number of hydrogen-bond donors (Lipinski definition) is 0. The second-order valence-electron chi connectivity index (χ2n) is 5.97. The molecule has 0 heteroatoms. The van der Waals surface area contributed by atoms with E-state index in [4.69, 9.17) is 0 Å². The van der Waals surface area contributed by atoms with E-state index in [1.54, 1.807) is 0 Å². The van der Waals surface area contributed by atoms with Crippen LogP contribution in [0, 0.1) is 0 Å². The van der Waals surface area contributed by atoms with Crippen LogP contribution in [-0.2, 0) is 11.8 Å². The minimum absolute atomic E-state index is 0.217. The summed E-state index contributed by atoms with van der Waals surface area (Å²) < 4.78 is 0. The topological polar surface area (TPSA) is 0 Å². The fraction of sp³-hybridized carbons (Fsp3) is 0.680. The van der Waals surface area contributed by atoms with E-state index >= 15 is 0 Å². The molecule has 0 aliphatic rings. The molecule has 150 valence electrons. The number of unbranched alkanes of at least 4 members (excludes halogenated alkanes) is 1. The Morgan fingerprint density at radius 2 is 1.32 bits per heavy atom. The molecule has 0 unspecified atom stereocenters. The van der Waals surface area contributed by atoms with Crippen molar-refractivity contribution in [2.45, 2.75) is 115 Å². The Balaban J connectivity index is -0.000000241. The molecule has 0 nitrogen and oxygen atoms in total. The lowest BCUT2D eigenvalue weighted by Gasteiger charge is -2.25. The molecule has 0 aliphatic carbocycles. The van der Waals surface area contributed by atoms with Gasteiger partial charge in [0.15, 0.2) is 0 Å². The van der Waals surface area contributed by atoms with Gasteiger partial charge >= 0.3 is 0 Å². The van der Waals surface area contributed by atoms with Crippen molar-refractivity contribution < 1.29 is 0 Å². The zero-order chi connectivity index (χ0) is 21.1. The molecular formula is C25H50. The van der Waals surface area contributed by atoms with Crippen molar-refractivity contribution in [3.05, 3.63) is 41.5 Å². The van der Waals surface area contributed by atoms with E-state index in [0.717, 1.165) is 0 Å². The van der Waals surface area contributed by atoms with Gasteiger partial charge in [0.25, 0.3) is 0 Å². The van der Waals surface area contributed by atoms with E-state index in [1.807, 2.05) is 55.4 Å². The van der Waals surface area contributed by atoms with Crippen molar-refractivity contribution >= 4 is 5.57 Å². The lowest BCUT2D eigenvalue weighted by Crippen LogP contribution is -2.15. The molecule has 0 radical (unpaired) electrons. The zero-order valence-corrected chi connectivity index (χ0v) is 20.1. The van der Waals surface area contributed by atoms with Crippen molar-refractivity contribution in [2.75, 3.05) is 0 Å². The Morgan fingerprint density at radius 1 is 0.880 bits per heavy atom. The summed E-state index contributed by atoms with van der Waals surface area (Å²) >= 11 is 0. The Labute approximate surface area is 162 Å². The second-order valence-corrected chi connectivity index (χ2v) is 5.97. The van der Waals surface area contributed by atoms with Gasteiger partial charge in [0.1, 0.15) is 0 Å². The van der Waals surface area contributed by atoms with Gasteiger partial charge < -0.3 is 0 Å². The highest BCUT2D eigenvalue weighted by Crippen LogP contribution is 2.31. The quantitative estimate of drug-likeness (QED) is 0.507. The molecule has 0 spiro atoms. The van der Waals surface area contributed by atoms with Gasteiger partial charge in [0, 0.05) is 0 Å². The average molecular weight is 351 g/mol. The number of rotatable bonds is 4. The Morgan fingerprint density at radius 3 is 1.64 bits per heavy atom. The van der Waals surface area contributed by atoms with Gasteiger partial charge in [-0.05, 0) is 41.9 Å². The maximum atomic E-state index is 4.12. The van der Waals surface area contributed by atoms with E-state index in [0.29, 0.717) is 0 Å². The second kappa shape index (κ2) is 21.0.